The molecular weight excluding hydrogens is 428 g/mol. The molecule has 0 fully saturated rings. The summed E-state index contributed by atoms with van der Waals surface area (Å²) in [7, 11) is 0. The third kappa shape index (κ3) is 5.72. The molecule has 0 radical (unpaired) electrons. The maximum atomic E-state index is 13.4. The molecule has 8 nitrogen and oxygen atoms in total. The first-order valence-corrected chi connectivity index (χ1v) is 9.30. The van der Waals surface area contributed by atoms with Crippen LogP contribution in [0.3, 0.4) is 0 Å². The Labute approximate surface area is 196 Å². The van der Waals surface area contributed by atoms with E-state index < -0.39 is 29.0 Å². The van der Waals surface area contributed by atoms with Crippen LogP contribution in [0.25, 0.3) is 22.6 Å². The van der Waals surface area contributed by atoms with E-state index in [0.29, 0.717) is 25.7 Å². The van der Waals surface area contributed by atoms with Crippen LogP contribution in [-0.2, 0) is 17.5 Å². The molecule has 12 heteroatoms. The van der Waals surface area contributed by atoms with Gasteiger partial charge in [-0.05, 0) is 43.9 Å². The maximum Gasteiger partial charge on any atom is 1.00 e. The van der Waals surface area contributed by atoms with Crippen molar-refractivity contribution in [2.45, 2.75) is 51.7 Å². The average Bonchev–Trinajstić information content (AvgIpc) is 2.62. The number of nitrogens with one attached hydrogen (secondary N) is 1. The Morgan fingerprint density at radius 2 is 1.81 bits per heavy atom. The molecule has 1 aromatic carbocycles. The smallest absolute Gasteiger partial charge is 0.550 e. The fourth-order valence-corrected chi connectivity index (χ4v) is 3.37. The molecule has 160 valence electrons. The zero-order chi connectivity index (χ0) is 22.1. The molecule has 0 aliphatic carbocycles. The van der Waals surface area contributed by atoms with Crippen molar-refractivity contribution in [2.24, 2.45) is 0 Å². The number of aryl methyl sites for hydroxylation is 2. The number of benzene rings is 1. The molecule has 0 unspecified atom stereocenters. The van der Waals surface area contributed by atoms with Gasteiger partial charge in [-0.25, -0.2) is 9.78 Å². The minimum atomic E-state index is -4.58. The Balaban J connectivity index is 0.00000341. The summed E-state index contributed by atoms with van der Waals surface area (Å²) >= 11 is 0. The number of aliphatic carboxylic acids is 1. The number of hydrogen-bond acceptors (Lipinski definition) is 6. The molecule has 0 saturated carbocycles. The number of carboxylic acid groups (broad SMARTS) is 1. The van der Waals surface area contributed by atoms with Crippen molar-refractivity contribution >= 4 is 17.0 Å². The second-order valence-electron chi connectivity index (χ2n) is 7.00. The van der Waals surface area contributed by atoms with E-state index in [1.54, 1.807) is 0 Å². The second kappa shape index (κ2) is 9.92. The van der Waals surface area contributed by atoms with E-state index in [2.05, 4.69) is 9.97 Å². The van der Waals surface area contributed by atoms with E-state index in [9.17, 15) is 32.7 Å². The molecule has 2 aliphatic heterocycles. The monoisotopic (exact) mass is 446 g/mol. The summed E-state index contributed by atoms with van der Waals surface area (Å²) in [5, 5.41) is 10.5. The summed E-state index contributed by atoms with van der Waals surface area (Å²) in [5.74, 6) is -1.24. The van der Waals surface area contributed by atoms with Gasteiger partial charge in [0.25, 0.3) is 5.56 Å². The number of aromatic amines is 1. The molecule has 2 aliphatic rings. The third-order valence-electron chi connectivity index (χ3n) is 4.77. The second-order valence-corrected chi connectivity index (χ2v) is 7.00. The van der Waals surface area contributed by atoms with Crippen LogP contribution in [0.15, 0.2) is 21.7 Å². The maximum absolute atomic E-state index is 13.4. The van der Waals surface area contributed by atoms with E-state index >= 15 is 0 Å². The minimum absolute atomic E-state index is 0. The molecule has 0 atom stereocenters. The molecule has 0 amide bonds. The number of alkyl halides is 3. The van der Waals surface area contributed by atoms with Gasteiger partial charge in [0.15, 0.2) is 11.5 Å². The number of carboxylic acids is 1. The summed E-state index contributed by atoms with van der Waals surface area (Å²) in [6.45, 7) is 1.48. The Kier molecular flexibility index (Phi) is 8.01. The Hall–Kier alpha value is -2.24. The predicted octanol–water partition coefficient (Wildman–Crippen LogP) is -1.38. The quantitative estimate of drug-likeness (QED) is 0.271. The fourth-order valence-electron chi connectivity index (χ4n) is 3.37. The number of carbonyl (C=O) groups excluding carboxylic acids is 1. The van der Waals surface area contributed by atoms with Crippen LogP contribution in [0.2, 0.25) is 0 Å². The average molecular weight is 446 g/mol. The van der Waals surface area contributed by atoms with Gasteiger partial charge in [-0.15, -0.1) is 0 Å². The Morgan fingerprint density at radius 1 is 1.13 bits per heavy atom. The van der Waals surface area contributed by atoms with Crippen molar-refractivity contribution in [2.75, 3.05) is 0 Å². The zero-order valence-electron chi connectivity index (χ0n) is 17.0. The summed E-state index contributed by atoms with van der Waals surface area (Å²) in [6.07, 6.45) is -2.57. The number of nitrogens with zero attached hydrogens (tertiary/aromatic N) is 3. The third-order valence-corrected chi connectivity index (χ3v) is 4.77. The number of unbranched alkanes of at least 4 members (excludes halogenated alkanes) is 3. The van der Waals surface area contributed by atoms with Crippen LogP contribution in [0.4, 0.5) is 13.2 Å². The summed E-state index contributed by atoms with van der Waals surface area (Å²) in [6, 6.07) is 2.19. The van der Waals surface area contributed by atoms with Crippen molar-refractivity contribution in [3.63, 3.8) is 0 Å². The van der Waals surface area contributed by atoms with Crippen LogP contribution < -0.4 is 45.9 Å². The van der Waals surface area contributed by atoms with Gasteiger partial charge in [-0.1, -0.05) is 12.8 Å². The predicted molar refractivity (Wildman–Crippen MR) is 98.9 cm³/mol. The molecule has 1 N–H and O–H groups in total. The number of fused-ring (bicyclic) bond motifs is 2. The van der Waals surface area contributed by atoms with Crippen LogP contribution in [0.1, 0.15) is 43.2 Å². The van der Waals surface area contributed by atoms with Gasteiger partial charge in [0, 0.05) is 12.5 Å². The molecule has 3 rings (SSSR count). The Morgan fingerprint density at radius 3 is 2.45 bits per heavy atom. The minimum Gasteiger partial charge on any atom is -0.550 e. The molecule has 0 bridgehead atoms. The van der Waals surface area contributed by atoms with Crippen molar-refractivity contribution in [1.82, 2.24) is 19.5 Å². The molecule has 0 spiro atoms. The van der Waals surface area contributed by atoms with E-state index in [-0.39, 0.29) is 70.6 Å². The summed E-state index contributed by atoms with van der Waals surface area (Å²) in [5.41, 5.74) is -2.43. The zero-order valence-corrected chi connectivity index (χ0v) is 19.0. The molecule has 0 saturated heterocycles. The van der Waals surface area contributed by atoms with Crippen LogP contribution in [-0.4, -0.2) is 25.5 Å². The number of carbonyl (C=O) groups is 1. The van der Waals surface area contributed by atoms with Crippen LogP contribution in [0, 0.1) is 6.92 Å². The molecule has 2 heterocycles. The van der Waals surface area contributed by atoms with Crippen molar-refractivity contribution in [3.05, 3.63) is 44.1 Å². The van der Waals surface area contributed by atoms with Crippen LogP contribution >= 0.6 is 0 Å². The van der Waals surface area contributed by atoms with Crippen LogP contribution in [0.5, 0.6) is 0 Å². The van der Waals surface area contributed by atoms with Gasteiger partial charge in [-0.3, -0.25) is 9.78 Å². The molecule has 31 heavy (non-hydrogen) atoms. The SMILES string of the molecule is Cc1cc2nc3c(=O)[nH]c(=O)nc-3n(CCCCCCC(=O)[O-])c2cc1C(F)(F)F.[Na+]. The number of aromatic nitrogens is 4. The van der Waals surface area contributed by atoms with Crippen molar-refractivity contribution < 1.29 is 52.6 Å². The standard InChI is InChI=1S/C19H19F3N4O4.Na/c1-10-8-12-13(9-11(10)19(20,21)22)26(7-5-3-2-4-6-14(27)28)16-15(23-12)17(29)25-18(30)24-16;/h8-9H,2-7H2,1H3,(H,27,28)(H,25,29,30);/q;+1/p-1. The fraction of sp³-hybridized carbons (Fsp3) is 0.421. The number of halogens is 3. The van der Waals surface area contributed by atoms with E-state index in [1.807, 2.05) is 4.98 Å². The largest absolute Gasteiger partial charge is 1.00 e. The summed E-state index contributed by atoms with van der Waals surface area (Å²) in [4.78, 5) is 44.2. The van der Waals surface area contributed by atoms with E-state index in [1.165, 1.54) is 17.6 Å². The number of H-pyrrole nitrogens is 1. The number of hydrogen-bond donors (Lipinski definition) is 1. The van der Waals surface area contributed by atoms with Gasteiger partial charge in [0.05, 0.1) is 16.6 Å². The van der Waals surface area contributed by atoms with Gasteiger partial charge in [0.1, 0.15) is 0 Å². The first kappa shape index (κ1) is 25.0. The topological polar surface area (TPSA) is 121 Å². The Bertz CT molecular complexity index is 1190. The van der Waals surface area contributed by atoms with Gasteiger partial charge in [-0.2, -0.15) is 18.2 Å². The van der Waals surface area contributed by atoms with E-state index in [0.717, 1.165) is 6.07 Å². The van der Waals surface area contributed by atoms with E-state index in [4.69, 9.17) is 0 Å². The normalized spacial score (nSPS) is 11.6. The number of rotatable bonds is 7. The molecule has 1 aromatic rings. The van der Waals surface area contributed by atoms with Crippen molar-refractivity contribution in [1.29, 1.82) is 0 Å². The molecular formula is C19H18F3N4NaO4. The van der Waals surface area contributed by atoms with Crippen molar-refractivity contribution in [3.8, 4) is 11.5 Å². The first-order valence-electron chi connectivity index (χ1n) is 9.30. The van der Waals surface area contributed by atoms with Gasteiger partial charge >= 0.3 is 41.4 Å². The van der Waals surface area contributed by atoms with Gasteiger partial charge in [0.2, 0.25) is 0 Å². The van der Waals surface area contributed by atoms with Gasteiger partial charge < -0.3 is 14.5 Å². The summed E-state index contributed by atoms with van der Waals surface area (Å²) < 4.78 is 41.6. The first-order chi connectivity index (χ1) is 14.1. The molecule has 0 aromatic heterocycles.